The van der Waals surface area contributed by atoms with Gasteiger partial charge in [0, 0.05) is 25.9 Å². The third kappa shape index (κ3) is 5.59. The molecule has 0 bridgehead atoms. The number of rotatable bonds is 7. The highest BCUT2D eigenvalue weighted by Gasteiger charge is 2.33. The zero-order chi connectivity index (χ0) is 23.5. The van der Waals surface area contributed by atoms with Crippen LogP contribution in [0.4, 0.5) is 5.82 Å². The maximum atomic E-state index is 11.9. The topological polar surface area (TPSA) is 100 Å². The molecule has 8 nitrogen and oxygen atoms in total. The lowest BCUT2D eigenvalue weighted by Crippen LogP contribution is -2.55. The summed E-state index contributed by atoms with van der Waals surface area (Å²) in [6.07, 6.45) is 9.76. The molecule has 1 saturated carbocycles. The Morgan fingerprint density at radius 1 is 1.12 bits per heavy atom. The van der Waals surface area contributed by atoms with Gasteiger partial charge in [0.2, 0.25) is 10.0 Å². The average Bonchev–Trinajstić information content (AvgIpc) is 3.31. The molecule has 0 amide bonds. The predicted molar refractivity (Wildman–Crippen MR) is 133 cm³/mol. The van der Waals surface area contributed by atoms with Crippen molar-refractivity contribution in [3.05, 3.63) is 54.5 Å². The molecule has 0 radical (unpaired) electrons. The number of hydrogen-bond acceptors (Lipinski definition) is 6. The number of fused-ring (bicyclic) bond motifs is 1. The zero-order valence-corrected chi connectivity index (χ0v) is 20.4. The Morgan fingerprint density at radius 2 is 1.97 bits per heavy atom. The first kappa shape index (κ1) is 23.3. The van der Waals surface area contributed by atoms with Crippen LogP contribution in [0.15, 0.2) is 48.9 Å². The second kappa shape index (κ2) is 10.0. The van der Waals surface area contributed by atoms with E-state index in [4.69, 9.17) is 4.74 Å². The van der Waals surface area contributed by atoms with Crippen molar-refractivity contribution in [3.8, 4) is 0 Å². The van der Waals surface area contributed by atoms with E-state index in [1.165, 1.54) is 11.8 Å². The molecule has 2 aliphatic rings. The minimum absolute atomic E-state index is 0.203. The summed E-state index contributed by atoms with van der Waals surface area (Å²) < 4.78 is 33.1. The van der Waals surface area contributed by atoms with Gasteiger partial charge in [-0.15, -0.1) is 0 Å². The lowest BCUT2D eigenvalue weighted by atomic mass is 9.79. The number of aromatic nitrogens is 3. The van der Waals surface area contributed by atoms with E-state index in [1.54, 1.807) is 12.5 Å². The quantitative estimate of drug-likeness (QED) is 0.534. The largest absolute Gasteiger partial charge is 0.374 e. The van der Waals surface area contributed by atoms with Gasteiger partial charge >= 0.3 is 0 Å². The summed E-state index contributed by atoms with van der Waals surface area (Å²) in [5.74, 6) is 1.97. The maximum Gasteiger partial charge on any atom is 0.209 e. The van der Waals surface area contributed by atoms with Crippen molar-refractivity contribution in [1.29, 1.82) is 0 Å². The van der Waals surface area contributed by atoms with Crippen LogP contribution in [0.2, 0.25) is 0 Å². The number of H-pyrrole nitrogens is 1. The number of nitrogens with one attached hydrogen (secondary N) is 2. The first-order valence-corrected chi connectivity index (χ1v) is 14.0. The molecule has 34 heavy (non-hydrogen) atoms. The first-order valence-electron chi connectivity index (χ1n) is 12.1. The molecular weight excluding hydrogens is 450 g/mol. The van der Waals surface area contributed by atoms with Crippen LogP contribution in [0.3, 0.4) is 0 Å². The van der Waals surface area contributed by atoms with Crippen molar-refractivity contribution >= 4 is 26.9 Å². The van der Waals surface area contributed by atoms with Gasteiger partial charge in [-0.1, -0.05) is 12.1 Å². The van der Waals surface area contributed by atoms with E-state index < -0.39 is 10.0 Å². The van der Waals surface area contributed by atoms with E-state index in [1.807, 2.05) is 18.2 Å². The van der Waals surface area contributed by atoms with Gasteiger partial charge in [-0.3, -0.25) is 0 Å². The summed E-state index contributed by atoms with van der Waals surface area (Å²) in [5, 5.41) is 0. The molecule has 2 fully saturated rings. The highest BCUT2D eigenvalue weighted by molar-refractivity contribution is 7.88. The Balaban J connectivity index is 1.18. The van der Waals surface area contributed by atoms with E-state index in [0.717, 1.165) is 49.1 Å². The van der Waals surface area contributed by atoms with Crippen LogP contribution in [-0.4, -0.2) is 61.5 Å². The van der Waals surface area contributed by atoms with Crippen LogP contribution in [0.1, 0.15) is 43.6 Å². The smallest absolute Gasteiger partial charge is 0.209 e. The minimum Gasteiger partial charge on any atom is -0.374 e. The molecule has 1 saturated heterocycles. The van der Waals surface area contributed by atoms with Gasteiger partial charge in [0.1, 0.15) is 5.82 Å². The molecule has 2 atom stereocenters. The molecule has 1 aliphatic carbocycles. The van der Waals surface area contributed by atoms with Gasteiger partial charge in [-0.2, -0.15) is 0 Å². The Morgan fingerprint density at radius 3 is 2.74 bits per heavy atom. The van der Waals surface area contributed by atoms with Crippen LogP contribution in [0.25, 0.3) is 11.0 Å². The van der Waals surface area contributed by atoms with Crippen molar-refractivity contribution in [3.63, 3.8) is 0 Å². The van der Waals surface area contributed by atoms with Gasteiger partial charge in [0.05, 0.1) is 35.8 Å². The van der Waals surface area contributed by atoms with E-state index in [9.17, 15) is 8.42 Å². The van der Waals surface area contributed by atoms with Gasteiger partial charge in [0.25, 0.3) is 0 Å². The van der Waals surface area contributed by atoms with E-state index >= 15 is 0 Å². The number of sulfonamides is 1. The van der Waals surface area contributed by atoms with Crippen LogP contribution in [-0.2, 0) is 14.8 Å². The van der Waals surface area contributed by atoms with Crippen molar-refractivity contribution in [1.82, 2.24) is 19.7 Å². The molecule has 1 aromatic carbocycles. The number of piperidine rings is 1. The Hall–Kier alpha value is -2.49. The first-order chi connectivity index (χ1) is 16.4. The van der Waals surface area contributed by atoms with E-state index in [-0.39, 0.29) is 12.1 Å². The highest BCUT2D eigenvalue weighted by atomic mass is 32.2. The van der Waals surface area contributed by atoms with E-state index in [2.05, 4.69) is 42.8 Å². The number of pyridine rings is 1. The standard InChI is InChI=1S/C25H33N5O3S/c1-34(31,32)29-22-11-13-30(25-4-2-3-12-26-25)15-24(22)33-16-18-5-7-19(8-6-18)20-9-10-21-23(14-20)28-17-27-21/h2-4,9-10,12,14,17-19,22,24,29H,5-8,11,13,15-16H2,1H3,(H,27,28)/t18?,19?,22-,24+/m0/s1. The number of benzene rings is 1. The summed E-state index contributed by atoms with van der Waals surface area (Å²) >= 11 is 0. The molecule has 1 aliphatic heterocycles. The normalized spacial score (nSPS) is 26.1. The van der Waals surface area contributed by atoms with E-state index in [0.29, 0.717) is 31.4 Å². The Kier molecular flexibility index (Phi) is 6.85. The predicted octanol–water partition coefficient (Wildman–Crippen LogP) is 3.45. The molecule has 182 valence electrons. The number of aromatic amines is 1. The summed E-state index contributed by atoms with van der Waals surface area (Å²) in [6, 6.07) is 12.2. The maximum absolute atomic E-state index is 11.9. The Bertz CT molecular complexity index is 1190. The number of ether oxygens (including phenoxy) is 1. The number of anilines is 1. The molecule has 0 unspecified atom stereocenters. The molecule has 3 aromatic rings. The summed E-state index contributed by atoms with van der Waals surface area (Å²) in [4.78, 5) is 14.2. The lowest BCUT2D eigenvalue weighted by Gasteiger charge is -2.40. The van der Waals surface area contributed by atoms with Crippen LogP contribution in [0, 0.1) is 5.92 Å². The fourth-order valence-electron chi connectivity index (χ4n) is 5.37. The minimum atomic E-state index is -3.30. The third-order valence-corrected chi connectivity index (χ3v) is 7.94. The molecule has 9 heteroatoms. The van der Waals surface area contributed by atoms with Crippen LogP contribution >= 0.6 is 0 Å². The lowest BCUT2D eigenvalue weighted by molar-refractivity contribution is -0.00128. The summed E-state index contributed by atoms with van der Waals surface area (Å²) in [6.45, 7) is 2.04. The van der Waals surface area contributed by atoms with Gasteiger partial charge < -0.3 is 14.6 Å². The monoisotopic (exact) mass is 483 g/mol. The molecule has 0 spiro atoms. The number of imidazole rings is 1. The average molecular weight is 484 g/mol. The second-order valence-corrected chi connectivity index (χ2v) is 11.5. The fraction of sp³-hybridized carbons (Fsp3) is 0.520. The fourth-order valence-corrected chi connectivity index (χ4v) is 6.19. The highest BCUT2D eigenvalue weighted by Crippen LogP contribution is 2.37. The molecule has 5 rings (SSSR count). The third-order valence-electron chi connectivity index (χ3n) is 7.21. The SMILES string of the molecule is CS(=O)(=O)N[C@H]1CCN(c2ccccn2)C[C@H]1OCC1CCC(c2ccc3nc[nH]c3c2)CC1. The Labute approximate surface area is 201 Å². The molecule has 2 N–H and O–H groups in total. The van der Waals surface area contributed by atoms with Crippen molar-refractivity contribution in [2.75, 3.05) is 30.9 Å². The molecule has 3 heterocycles. The second-order valence-electron chi connectivity index (χ2n) is 9.69. The summed E-state index contributed by atoms with van der Waals surface area (Å²) in [7, 11) is -3.30. The summed E-state index contributed by atoms with van der Waals surface area (Å²) in [5.41, 5.74) is 3.49. The van der Waals surface area contributed by atoms with Gasteiger partial charge in [-0.05, 0) is 73.8 Å². The number of nitrogens with zero attached hydrogens (tertiary/aromatic N) is 3. The molecule has 2 aromatic heterocycles. The van der Waals surface area contributed by atoms with Gasteiger partial charge in [0.15, 0.2) is 0 Å². The van der Waals surface area contributed by atoms with Gasteiger partial charge in [-0.25, -0.2) is 23.1 Å². The van der Waals surface area contributed by atoms with Crippen molar-refractivity contribution < 1.29 is 13.2 Å². The van der Waals surface area contributed by atoms with Crippen molar-refractivity contribution in [2.45, 2.75) is 50.2 Å². The van der Waals surface area contributed by atoms with Crippen LogP contribution in [0.5, 0.6) is 0 Å². The number of hydrogen-bond donors (Lipinski definition) is 2. The van der Waals surface area contributed by atoms with Crippen molar-refractivity contribution in [2.24, 2.45) is 5.92 Å². The zero-order valence-electron chi connectivity index (χ0n) is 19.6. The van der Waals surface area contributed by atoms with Crippen LogP contribution < -0.4 is 9.62 Å². The molecular formula is C25H33N5O3S.